The maximum atomic E-state index is 14.4. The van der Waals surface area contributed by atoms with Crippen molar-refractivity contribution in [2.75, 3.05) is 13.2 Å². The molecule has 0 saturated carbocycles. The van der Waals surface area contributed by atoms with Crippen LogP contribution in [0.5, 0.6) is 5.75 Å². The third-order valence-corrected chi connectivity index (χ3v) is 10.6. The van der Waals surface area contributed by atoms with Gasteiger partial charge < -0.3 is 84.6 Å². The summed E-state index contributed by atoms with van der Waals surface area (Å²) in [7, 11) is 0. The molecule has 25 heteroatoms. The first kappa shape index (κ1) is 53.0. The van der Waals surface area contributed by atoms with Crippen molar-refractivity contribution in [1.29, 1.82) is 0 Å². The van der Waals surface area contributed by atoms with E-state index in [9.17, 15) is 59.1 Å². The van der Waals surface area contributed by atoms with Crippen molar-refractivity contribution >= 4 is 58.3 Å². The van der Waals surface area contributed by atoms with E-state index in [1.165, 1.54) is 36.8 Å². The molecule has 0 unspecified atom stereocenters. The lowest BCUT2D eigenvalue weighted by molar-refractivity contribution is -0.146. The number of aromatic hydroxyl groups is 1. The number of carboxylic acids is 1. The van der Waals surface area contributed by atoms with E-state index in [4.69, 9.17) is 17.2 Å². The Balaban J connectivity index is 1.61. The molecule has 25 nitrogen and oxygen atoms in total. The molecule has 0 spiro atoms. The molecule has 2 aromatic carbocycles. The number of carbonyl (C=O) groups excluding carboxylic acids is 6. The molecule has 0 saturated heterocycles. The van der Waals surface area contributed by atoms with E-state index in [-0.39, 0.29) is 43.9 Å². The number of imidazole rings is 1. The summed E-state index contributed by atoms with van der Waals surface area (Å²) in [6.45, 7) is 1.46. The molecule has 0 radical (unpaired) electrons. The Morgan fingerprint density at radius 1 is 0.706 bits per heavy atom. The number of aliphatic hydroxyl groups is 3. The maximum absolute atomic E-state index is 14.4. The molecule has 0 aliphatic rings. The Labute approximate surface area is 389 Å². The smallest absolute Gasteiger partial charge is 0.328 e. The summed E-state index contributed by atoms with van der Waals surface area (Å²) in [6.07, 6.45) is 0.888. The number of guanidine groups is 1. The van der Waals surface area contributed by atoms with Crippen molar-refractivity contribution < 1.29 is 59.1 Å². The lowest BCUT2D eigenvalue weighted by Gasteiger charge is -2.28. The van der Waals surface area contributed by atoms with Crippen LogP contribution in [0.15, 0.2) is 72.2 Å². The van der Waals surface area contributed by atoms with E-state index in [0.717, 1.165) is 13.8 Å². The number of aliphatic imine (C=N–C) groups is 1. The second kappa shape index (κ2) is 25.3. The summed E-state index contributed by atoms with van der Waals surface area (Å²) < 4.78 is 0. The number of aromatic amines is 2. The SMILES string of the molecule is C[C@@H](O)[C@H](NC(=O)[C@@H](NC(=O)[C@H](Cc1cnc[nH]1)NC(=O)[C@H](Cc1c[nH]c2ccccc12)NC(=O)[C@H](CO)NC(=O)[C@H](Cc1ccc(O)cc1)NC(=O)[C@@H](N)CCCN=C(N)N)[C@@H](C)O)C(=O)O. The first-order valence-corrected chi connectivity index (χ1v) is 21.4. The van der Waals surface area contributed by atoms with Gasteiger partial charge in [0.25, 0.3) is 0 Å². The van der Waals surface area contributed by atoms with Crippen LogP contribution in [-0.4, -0.2) is 156 Å². The molecule has 2 heterocycles. The molecule has 0 aliphatic heterocycles. The Morgan fingerprint density at radius 3 is 1.85 bits per heavy atom. The van der Waals surface area contributed by atoms with Crippen molar-refractivity contribution in [1.82, 2.24) is 46.9 Å². The average Bonchev–Trinajstić information content (AvgIpc) is 3.97. The van der Waals surface area contributed by atoms with E-state index < -0.39 is 103 Å². The van der Waals surface area contributed by atoms with Crippen LogP contribution in [0.3, 0.4) is 0 Å². The number of nitrogens with two attached hydrogens (primary N) is 3. The number of amides is 6. The minimum absolute atomic E-state index is 0.0611. The highest BCUT2D eigenvalue weighted by molar-refractivity contribution is 5.98. The standard InChI is InChI=1S/C43H59N13O12/c1-21(58)34(41(66)56-35(22(2)59)42(67)68)55-39(64)32(16-25-18-47-20-50-25)53-38(63)31(15-24-17-49-29-8-4-3-6-27(24)29)52-40(65)33(19-57)54-37(62)30(14-23-9-11-26(60)12-10-23)51-36(61)28(44)7-5-13-48-43(45)46/h3-4,6,8-12,17-18,20-22,28,30-35,49,57-60H,5,7,13-16,19,44H2,1-2H3,(H,47,50)(H,51,61)(H,52,65)(H,53,63)(H,54,62)(H,55,64)(H,56,66)(H,67,68)(H4,45,46,48)/t21-,22-,28+,30+,31+,32+,33+,34+,35+/m1/s1. The van der Waals surface area contributed by atoms with Crippen LogP contribution in [0, 0.1) is 0 Å². The molecule has 4 aromatic rings. The largest absolute Gasteiger partial charge is 0.508 e. The van der Waals surface area contributed by atoms with Crippen molar-refractivity contribution in [3.05, 3.63) is 84.1 Å². The van der Waals surface area contributed by atoms with Crippen LogP contribution in [0.4, 0.5) is 0 Å². The van der Waals surface area contributed by atoms with Crippen molar-refractivity contribution in [3.63, 3.8) is 0 Å². The number of nitrogens with one attached hydrogen (secondary N) is 8. The van der Waals surface area contributed by atoms with Gasteiger partial charge in [-0.3, -0.25) is 33.8 Å². The van der Waals surface area contributed by atoms with Crippen molar-refractivity contribution in [2.24, 2.45) is 22.2 Å². The Hall–Kier alpha value is -7.61. The number of aliphatic hydroxyl groups excluding tert-OH is 3. The molecule has 19 N–H and O–H groups in total. The van der Waals surface area contributed by atoms with Crippen LogP contribution in [-0.2, 0) is 52.8 Å². The van der Waals surface area contributed by atoms with Gasteiger partial charge in [0, 0.05) is 54.8 Å². The van der Waals surface area contributed by atoms with Crippen LogP contribution in [0.1, 0.15) is 43.5 Å². The van der Waals surface area contributed by atoms with Crippen LogP contribution in [0.25, 0.3) is 10.9 Å². The number of H-pyrrole nitrogens is 2. The van der Waals surface area contributed by atoms with Gasteiger partial charge in [-0.2, -0.15) is 0 Å². The zero-order chi connectivity index (χ0) is 50.1. The van der Waals surface area contributed by atoms with E-state index in [2.05, 4.69) is 51.8 Å². The predicted molar refractivity (Wildman–Crippen MR) is 244 cm³/mol. The second-order valence-electron chi connectivity index (χ2n) is 16.0. The lowest BCUT2D eigenvalue weighted by Crippen LogP contribution is -2.62. The molecule has 2 aromatic heterocycles. The molecule has 6 amide bonds. The summed E-state index contributed by atoms with van der Waals surface area (Å²) in [5.41, 5.74) is 18.8. The summed E-state index contributed by atoms with van der Waals surface area (Å²) in [6, 6.07) is 1.92. The van der Waals surface area contributed by atoms with Crippen LogP contribution < -0.4 is 49.1 Å². The van der Waals surface area contributed by atoms with E-state index in [0.29, 0.717) is 34.1 Å². The number of fused-ring (bicyclic) bond motifs is 1. The zero-order valence-electron chi connectivity index (χ0n) is 37.2. The Kier molecular flexibility index (Phi) is 19.8. The Bertz CT molecular complexity index is 2370. The first-order valence-electron chi connectivity index (χ1n) is 21.4. The van der Waals surface area contributed by atoms with Gasteiger partial charge in [0.1, 0.15) is 36.0 Å². The fourth-order valence-electron chi connectivity index (χ4n) is 6.86. The highest BCUT2D eigenvalue weighted by Gasteiger charge is 2.36. The number of carbonyl (C=O) groups is 7. The molecule has 0 fully saturated rings. The van der Waals surface area contributed by atoms with Gasteiger partial charge in [0.2, 0.25) is 35.4 Å². The monoisotopic (exact) mass is 949 g/mol. The fraction of sp³-hybridized carbons (Fsp3) is 0.419. The number of nitrogens with zero attached hydrogens (tertiary/aromatic N) is 2. The van der Waals surface area contributed by atoms with Gasteiger partial charge in [-0.05, 0) is 56.0 Å². The normalized spacial score (nSPS) is 15.1. The van der Waals surface area contributed by atoms with Gasteiger partial charge in [-0.15, -0.1) is 0 Å². The molecule has 9 atom stereocenters. The van der Waals surface area contributed by atoms with E-state index >= 15 is 0 Å². The molecule has 4 rings (SSSR count). The van der Waals surface area contributed by atoms with E-state index in [1.807, 2.05) is 0 Å². The van der Waals surface area contributed by atoms with Gasteiger partial charge in [-0.25, -0.2) is 9.78 Å². The molecule has 0 bridgehead atoms. The van der Waals surface area contributed by atoms with Gasteiger partial charge in [0.15, 0.2) is 12.0 Å². The molecule has 368 valence electrons. The number of hydrogen-bond acceptors (Lipinski definition) is 14. The molecular weight excluding hydrogens is 891 g/mol. The number of phenolic OH excluding ortho intramolecular Hbond substituents is 1. The van der Waals surface area contributed by atoms with Gasteiger partial charge >= 0.3 is 5.97 Å². The van der Waals surface area contributed by atoms with Gasteiger partial charge in [0.05, 0.1) is 31.2 Å². The van der Waals surface area contributed by atoms with E-state index in [1.54, 1.807) is 30.5 Å². The zero-order valence-corrected chi connectivity index (χ0v) is 37.2. The van der Waals surface area contributed by atoms with Crippen LogP contribution in [0.2, 0.25) is 0 Å². The number of phenols is 1. The fourth-order valence-corrected chi connectivity index (χ4v) is 6.86. The predicted octanol–water partition coefficient (Wildman–Crippen LogP) is -4.25. The Morgan fingerprint density at radius 2 is 1.26 bits per heavy atom. The van der Waals surface area contributed by atoms with Crippen molar-refractivity contribution in [3.8, 4) is 5.75 Å². The third-order valence-electron chi connectivity index (χ3n) is 10.6. The number of rotatable bonds is 26. The molecule has 0 aliphatic carbocycles. The van der Waals surface area contributed by atoms with Crippen LogP contribution >= 0.6 is 0 Å². The number of para-hydroxylation sites is 1. The number of aromatic nitrogens is 3. The highest BCUT2D eigenvalue weighted by Crippen LogP contribution is 2.20. The number of aliphatic carboxylic acids is 1. The summed E-state index contributed by atoms with van der Waals surface area (Å²) >= 11 is 0. The summed E-state index contributed by atoms with van der Waals surface area (Å²) in [5.74, 6) is -7.67. The van der Waals surface area contributed by atoms with Crippen molar-refractivity contribution in [2.45, 2.75) is 100 Å². The minimum atomic E-state index is -1.80. The lowest BCUT2D eigenvalue weighted by atomic mass is 10.0. The molecular formula is C43H59N13O12. The number of carboxylic acid groups (broad SMARTS) is 1. The second-order valence-corrected chi connectivity index (χ2v) is 16.0. The first-order chi connectivity index (χ1) is 32.3. The third kappa shape index (κ3) is 15.8. The minimum Gasteiger partial charge on any atom is -0.508 e. The molecule has 68 heavy (non-hydrogen) atoms. The summed E-state index contributed by atoms with van der Waals surface area (Å²) in [4.78, 5) is 108. The maximum Gasteiger partial charge on any atom is 0.328 e. The number of benzene rings is 2. The quantitative estimate of drug-likeness (QED) is 0.0161. The van der Waals surface area contributed by atoms with Gasteiger partial charge in [-0.1, -0.05) is 30.3 Å². The number of hydrogen-bond donors (Lipinski definition) is 16. The summed E-state index contributed by atoms with van der Waals surface area (Å²) in [5, 5.41) is 65.3. The average molecular weight is 950 g/mol. The topological polar surface area (TPSA) is 428 Å². The highest BCUT2D eigenvalue weighted by atomic mass is 16.4.